The van der Waals surface area contributed by atoms with Gasteiger partial charge in [-0.25, -0.2) is 0 Å². The molecule has 6 rings (SSSR count). The molecule has 0 aliphatic rings. The second-order valence-corrected chi connectivity index (χ2v) is 6.97. The fourth-order valence-electron chi connectivity index (χ4n) is 4.22. The monoisotopic (exact) mass is 344 g/mol. The molecule has 0 aliphatic carbocycles. The molecule has 0 amide bonds. The molecule has 1 heteroatoms. The highest BCUT2D eigenvalue weighted by atomic mass is 16.3. The second-order valence-electron chi connectivity index (χ2n) is 6.97. The Bertz CT molecular complexity index is 1460. The van der Waals surface area contributed by atoms with Gasteiger partial charge in [0.05, 0.1) is 0 Å². The van der Waals surface area contributed by atoms with Crippen molar-refractivity contribution in [3.05, 3.63) is 97.1 Å². The number of hydrogen-bond acceptors (Lipinski definition) is 1. The van der Waals surface area contributed by atoms with Gasteiger partial charge >= 0.3 is 0 Å². The van der Waals surface area contributed by atoms with E-state index in [-0.39, 0.29) is 0 Å². The van der Waals surface area contributed by atoms with Crippen molar-refractivity contribution in [3.63, 3.8) is 0 Å². The zero-order valence-corrected chi connectivity index (χ0v) is 14.6. The van der Waals surface area contributed by atoms with Gasteiger partial charge in [-0.05, 0) is 45.5 Å². The average molecular weight is 344 g/mol. The molecule has 0 aliphatic heterocycles. The van der Waals surface area contributed by atoms with E-state index in [0.717, 1.165) is 11.2 Å². The third-order valence-corrected chi connectivity index (χ3v) is 5.45. The van der Waals surface area contributed by atoms with Crippen molar-refractivity contribution < 1.29 is 4.42 Å². The minimum absolute atomic E-state index is 0.939. The molecule has 1 aromatic heterocycles. The van der Waals surface area contributed by atoms with Crippen LogP contribution in [0, 0.1) is 0 Å². The molecule has 1 nitrogen and oxygen atoms in total. The highest BCUT2D eigenvalue weighted by Gasteiger charge is 2.15. The van der Waals surface area contributed by atoms with Gasteiger partial charge in [0.2, 0.25) is 0 Å². The molecule has 0 unspecified atom stereocenters. The molecule has 5 aromatic carbocycles. The first-order valence-corrected chi connectivity index (χ1v) is 9.21. The topological polar surface area (TPSA) is 13.1 Å². The van der Waals surface area contributed by atoms with E-state index >= 15 is 0 Å². The Morgan fingerprint density at radius 3 is 2.11 bits per heavy atom. The van der Waals surface area contributed by atoms with Gasteiger partial charge < -0.3 is 4.42 Å². The lowest BCUT2D eigenvalue weighted by atomic mass is 9.92. The maximum Gasteiger partial charge on any atom is 0.143 e. The van der Waals surface area contributed by atoms with E-state index in [1.807, 2.05) is 12.1 Å². The first kappa shape index (κ1) is 14.6. The summed E-state index contributed by atoms with van der Waals surface area (Å²) >= 11 is 0. The van der Waals surface area contributed by atoms with Gasteiger partial charge in [0.25, 0.3) is 0 Å². The molecule has 0 fully saturated rings. The quantitative estimate of drug-likeness (QED) is 0.280. The summed E-state index contributed by atoms with van der Waals surface area (Å²) in [5, 5.41) is 7.23. The van der Waals surface area contributed by atoms with Crippen molar-refractivity contribution in [2.75, 3.05) is 0 Å². The number of hydrogen-bond donors (Lipinski definition) is 0. The number of rotatable bonds is 1. The maximum absolute atomic E-state index is 6.36. The van der Waals surface area contributed by atoms with E-state index in [1.165, 1.54) is 43.4 Å². The van der Waals surface area contributed by atoms with Crippen molar-refractivity contribution in [1.82, 2.24) is 0 Å². The lowest BCUT2D eigenvalue weighted by Gasteiger charge is -2.11. The van der Waals surface area contributed by atoms with Crippen LogP contribution < -0.4 is 0 Å². The molecule has 0 saturated carbocycles. The highest BCUT2D eigenvalue weighted by molar-refractivity contribution is 6.25. The Morgan fingerprint density at radius 1 is 0.519 bits per heavy atom. The summed E-state index contributed by atoms with van der Waals surface area (Å²) in [6.45, 7) is 0. The maximum atomic E-state index is 6.36. The molecule has 27 heavy (non-hydrogen) atoms. The van der Waals surface area contributed by atoms with Crippen molar-refractivity contribution in [1.29, 1.82) is 0 Å². The van der Waals surface area contributed by atoms with Crippen molar-refractivity contribution in [2.24, 2.45) is 0 Å². The Hall–Kier alpha value is -3.58. The molecule has 126 valence electrons. The minimum Gasteiger partial charge on any atom is -0.455 e. The van der Waals surface area contributed by atoms with Gasteiger partial charge in [-0.1, -0.05) is 78.9 Å². The van der Waals surface area contributed by atoms with E-state index < -0.39 is 0 Å². The van der Waals surface area contributed by atoms with Crippen LogP contribution in [0.2, 0.25) is 0 Å². The predicted octanol–water partition coefficient (Wildman–Crippen LogP) is 7.56. The number of furan rings is 1. The van der Waals surface area contributed by atoms with Gasteiger partial charge in [0.15, 0.2) is 0 Å². The normalized spacial score (nSPS) is 11.7. The van der Waals surface area contributed by atoms with Gasteiger partial charge in [-0.15, -0.1) is 0 Å². The van der Waals surface area contributed by atoms with Crippen molar-refractivity contribution in [3.8, 4) is 11.1 Å². The van der Waals surface area contributed by atoms with Crippen LogP contribution in [0.5, 0.6) is 0 Å². The molecule has 0 N–H and O–H groups in total. The summed E-state index contributed by atoms with van der Waals surface area (Å²) in [5.41, 5.74) is 4.38. The Labute approximate surface area is 156 Å². The Morgan fingerprint density at radius 2 is 1.22 bits per heavy atom. The van der Waals surface area contributed by atoms with Crippen LogP contribution in [0.3, 0.4) is 0 Å². The lowest BCUT2D eigenvalue weighted by molar-refractivity contribution is 0.673. The van der Waals surface area contributed by atoms with Gasteiger partial charge in [-0.3, -0.25) is 0 Å². The third-order valence-electron chi connectivity index (χ3n) is 5.45. The molecular weight excluding hydrogens is 328 g/mol. The molecule has 1 heterocycles. The third kappa shape index (κ3) is 2.06. The first-order chi connectivity index (χ1) is 13.4. The first-order valence-electron chi connectivity index (χ1n) is 9.21. The zero-order valence-electron chi connectivity index (χ0n) is 14.6. The van der Waals surface area contributed by atoms with E-state index in [2.05, 4.69) is 84.9 Å². The van der Waals surface area contributed by atoms with Gasteiger partial charge in [0, 0.05) is 16.2 Å². The van der Waals surface area contributed by atoms with Crippen LogP contribution in [0.1, 0.15) is 0 Å². The Balaban J connectivity index is 1.89. The number of benzene rings is 5. The van der Waals surface area contributed by atoms with E-state index in [4.69, 9.17) is 4.42 Å². The fourth-order valence-corrected chi connectivity index (χ4v) is 4.22. The van der Waals surface area contributed by atoms with E-state index in [1.54, 1.807) is 0 Å². The van der Waals surface area contributed by atoms with Crippen molar-refractivity contribution >= 4 is 43.5 Å². The average Bonchev–Trinajstić information content (AvgIpc) is 3.12. The summed E-state index contributed by atoms with van der Waals surface area (Å²) in [6.07, 6.45) is 0. The highest BCUT2D eigenvalue weighted by Crippen LogP contribution is 2.41. The van der Waals surface area contributed by atoms with Crippen LogP contribution in [-0.2, 0) is 0 Å². The molecule has 0 saturated heterocycles. The fraction of sp³-hybridized carbons (Fsp3) is 0. The summed E-state index contributed by atoms with van der Waals surface area (Å²) < 4.78 is 6.36. The van der Waals surface area contributed by atoms with E-state index in [0.29, 0.717) is 0 Å². The van der Waals surface area contributed by atoms with Crippen LogP contribution >= 0.6 is 0 Å². The van der Waals surface area contributed by atoms with Crippen LogP contribution in [0.4, 0.5) is 0 Å². The minimum atomic E-state index is 0.939. The van der Waals surface area contributed by atoms with Crippen LogP contribution in [0.15, 0.2) is 101 Å². The standard InChI is InChI=1S/C26H16O/c1-2-8-17(9-3-1)23-16-18-10-4-5-11-19(18)25-21(23)14-15-22-20-12-6-7-13-24(20)27-26(22)25/h1-16H. The molecule has 0 bridgehead atoms. The number of para-hydroxylation sites is 1. The molecule has 0 radical (unpaired) electrons. The van der Waals surface area contributed by atoms with Crippen molar-refractivity contribution in [2.45, 2.75) is 0 Å². The van der Waals surface area contributed by atoms with Crippen LogP contribution in [-0.4, -0.2) is 0 Å². The summed E-state index contributed by atoms with van der Waals surface area (Å²) in [6, 6.07) is 34.2. The molecule has 0 spiro atoms. The SMILES string of the molecule is c1ccc(-c2cc3ccccc3c3c2ccc2c4ccccc4oc23)cc1. The zero-order chi connectivity index (χ0) is 17.8. The number of fused-ring (bicyclic) bond motifs is 7. The summed E-state index contributed by atoms with van der Waals surface area (Å²) in [4.78, 5) is 0. The van der Waals surface area contributed by atoms with Gasteiger partial charge in [0.1, 0.15) is 11.2 Å². The molecular formula is C26H16O. The smallest absolute Gasteiger partial charge is 0.143 e. The van der Waals surface area contributed by atoms with E-state index in [9.17, 15) is 0 Å². The van der Waals surface area contributed by atoms with Crippen LogP contribution in [0.25, 0.3) is 54.6 Å². The Kier molecular flexibility index (Phi) is 2.95. The lowest BCUT2D eigenvalue weighted by Crippen LogP contribution is -1.85. The summed E-state index contributed by atoms with van der Waals surface area (Å²) in [7, 11) is 0. The largest absolute Gasteiger partial charge is 0.455 e. The summed E-state index contributed by atoms with van der Waals surface area (Å²) in [5.74, 6) is 0. The van der Waals surface area contributed by atoms with Gasteiger partial charge in [-0.2, -0.15) is 0 Å². The molecule has 6 aromatic rings. The predicted molar refractivity (Wildman–Crippen MR) is 114 cm³/mol. The second kappa shape index (κ2) is 5.46. The molecule has 0 atom stereocenters.